The summed E-state index contributed by atoms with van der Waals surface area (Å²) < 4.78 is 33.8. The molecule has 6 rings (SSSR count). The summed E-state index contributed by atoms with van der Waals surface area (Å²) in [6.07, 6.45) is 5.86. The number of hydrogen-bond acceptors (Lipinski definition) is 5. The molecule has 0 spiro atoms. The molecule has 1 aliphatic heterocycles. The largest absolute Gasteiger partial charge is 0.433 e. The average Bonchev–Trinajstić information content (AvgIpc) is 3.41. The van der Waals surface area contributed by atoms with Crippen molar-refractivity contribution in [1.82, 2.24) is 4.90 Å². The van der Waals surface area contributed by atoms with Crippen LogP contribution in [-0.2, 0) is 33.8 Å². The van der Waals surface area contributed by atoms with Gasteiger partial charge in [-0.2, -0.15) is 0 Å². The summed E-state index contributed by atoms with van der Waals surface area (Å²) in [7, 11) is 0. The summed E-state index contributed by atoms with van der Waals surface area (Å²) in [6, 6.07) is 17.1. The van der Waals surface area contributed by atoms with E-state index in [4.69, 9.17) is 4.74 Å². The lowest BCUT2D eigenvalue weighted by Crippen LogP contribution is -2.33. The van der Waals surface area contributed by atoms with Crippen LogP contribution in [0.4, 0.5) is 14.5 Å². The number of fused-ring (bicyclic) bond motifs is 1. The van der Waals surface area contributed by atoms with E-state index >= 15 is 0 Å². The van der Waals surface area contributed by atoms with Crippen molar-refractivity contribution in [2.75, 3.05) is 5.32 Å². The van der Waals surface area contributed by atoms with Crippen molar-refractivity contribution in [3.8, 4) is 0 Å². The van der Waals surface area contributed by atoms with Crippen molar-refractivity contribution in [3.63, 3.8) is 0 Å². The Labute approximate surface area is 261 Å². The Balaban J connectivity index is 1.15. The quantitative estimate of drug-likeness (QED) is 0.197. The van der Waals surface area contributed by atoms with Crippen molar-refractivity contribution in [3.05, 3.63) is 100 Å². The first kappa shape index (κ1) is 30.9. The number of nitrogens with zero attached hydrogens (tertiary/aromatic N) is 1. The van der Waals surface area contributed by atoms with Crippen molar-refractivity contribution >= 4 is 23.5 Å². The SMILES string of the molecule is CC(C)(O)OC(=O)C1(Cc2cccc(NC(=O)C(c3ccc(CN4Cc5c(F)ccc(F)c5C4=O)cc3)C3CCCC3)c2)CC1. The second-order valence-electron chi connectivity index (χ2n) is 13.3. The summed E-state index contributed by atoms with van der Waals surface area (Å²) in [4.78, 5) is 40.8. The van der Waals surface area contributed by atoms with Gasteiger partial charge < -0.3 is 20.1 Å². The van der Waals surface area contributed by atoms with Gasteiger partial charge in [0.15, 0.2) is 0 Å². The summed E-state index contributed by atoms with van der Waals surface area (Å²) in [5, 5.41) is 13.0. The number of esters is 1. The third-order valence-electron chi connectivity index (χ3n) is 9.29. The molecule has 2 fully saturated rings. The summed E-state index contributed by atoms with van der Waals surface area (Å²) in [5.41, 5.74) is 2.46. The van der Waals surface area contributed by atoms with Crippen molar-refractivity contribution in [2.45, 2.75) is 83.6 Å². The van der Waals surface area contributed by atoms with Crippen LogP contribution in [0.5, 0.6) is 0 Å². The Hall–Kier alpha value is -4.11. The van der Waals surface area contributed by atoms with Gasteiger partial charge in [-0.3, -0.25) is 14.4 Å². The minimum atomic E-state index is -1.54. The molecule has 45 heavy (non-hydrogen) atoms. The Morgan fingerprint density at radius 3 is 2.36 bits per heavy atom. The molecule has 1 heterocycles. The zero-order valence-electron chi connectivity index (χ0n) is 25.6. The lowest BCUT2D eigenvalue weighted by atomic mass is 9.83. The van der Waals surface area contributed by atoms with Gasteiger partial charge >= 0.3 is 5.97 Å². The first-order valence-electron chi connectivity index (χ1n) is 15.6. The minimum absolute atomic E-state index is 0.00735. The number of ether oxygens (including phenoxy) is 1. The van der Waals surface area contributed by atoms with Crippen LogP contribution in [0.2, 0.25) is 0 Å². The number of nitrogens with one attached hydrogen (secondary N) is 1. The van der Waals surface area contributed by atoms with E-state index in [0.29, 0.717) is 24.9 Å². The Kier molecular flexibility index (Phi) is 8.24. The van der Waals surface area contributed by atoms with Crippen LogP contribution in [-0.4, -0.2) is 33.6 Å². The number of amides is 2. The molecular formula is C36H38F2N2O5. The van der Waals surface area contributed by atoms with Gasteiger partial charge in [0.05, 0.1) is 23.4 Å². The molecule has 3 aromatic carbocycles. The summed E-state index contributed by atoms with van der Waals surface area (Å²) in [5.74, 6) is -4.07. The molecule has 7 nitrogen and oxygen atoms in total. The summed E-state index contributed by atoms with van der Waals surface area (Å²) in [6.45, 7) is 3.07. The lowest BCUT2D eigenvalue weighted by Gasteiger charge is -2.24. The molecule has 2 aliphatic carbocycles. The van der Waals surface area contributed by atoms with Gasteiger partial charge in [-0.15, -0.1) is 0 Å². The number of hydrogen-bond donors (Lipinski definition) is 2. The fraction of sp³-hybridized carbons (Fsp3) is 0.417. The first-order valence-corrected chi connectivity index (χ1v) is 15.6. The molecule has 0 aromatic heterocycles. The molecule has 0 bridgehead atoms. The van der Waals surface area contributed by atoms with Crippen LogP contribution in [0.3, 0.4) is 0 Å². The van der Waals surface area contributed by atoms with E-state index in [1.165, 1.54) is 18.7 Å². The second kappa shape index (κ2) is 12.0. The molecular weight excluding hydrogens is 578 g/mol. The van der Waals surface area contributed by atoms with Crippen LogP contribution in [0.1, 0.15) is 90.9 Å². The Morgan fingerprint density at radius 1 is 1.02 bits per heavy atom. The van der Waals surface area contributed by atoms with Crippen LogP contribution >= 0.6 is 0 Å². The molecule has 9 heteroatoms. The van der Waals surface area contributed by atoms with E-state index in [-0.39, 0.29) is 42.0 Å². The van der Waals surface area contributed by atoms with E-state index in [2.05, 4.69) is 5.32 Å². The number of carbonyl (C=O) groups excluding carboxylic acids is 3. The monoisotopic (exact) mass is 616 g/mol. The van der Waals surface area contributed by atoms with Gasteiger partial charge in [0.2, 0.25) is 11.7 Å². The maximum Gasteiger partial charge on any atom is 0.314 e. The zero-order valence-corrected chi connectivity index (χ0v) is 25.6. The highest BCUT2D eigenvalue weighted by atomic mass is 19.1. The van der Waals surface area contributed by atoms with Crippen molar-refractivity contribution in [1.29, 1.82) is 0 Å². The zero-order chi connectivity index (χ0) is 31.9. The average molecular weight is 617 g/mol. The highest BCUT2D eigenvalue weighted by Crippen LogP contribution is 2.50. The Bertz CT molecular complexity index is 1620. The lowest BCUT2D eigenvalue weighted by molar-refractivity contribution is -0.201. The van der Waals surface area contributed by atoms with E-state index in [1.54, 1.807) is 0 Å². The minimum Gasteiger partial charge on any atom is -0.433 e. The predicted molar refractivity (Wildman–Crippen MR) is 164 cm³/mol. The molecule has 1 unspecified atom stereocenters. The van der Waals surface area contributed by atoms with Crippen LogP contribution in [0.15, 0.2) is 60.7 Å². The number of carbonyl (C=O) groups is 3. The smallest absolute Gasteiger partial charge is 0.314 e. The highest BCUT2D eigenvalue weighted by molar-refractivity contribution is 5.98. The molecule has 3 aromatic rings. The van der Waals surface area contributed by atoms with Crippen LogP contribution in [0, 0.1) is 23.0 Å². The third kappa shape index (κ3) is 6.64. The van der Waals surface area contributed by atoms with E-state index < -0.39 is 34.7 Å². The van der Waals surface area contributed by atoms with Gasteiger partial charge in [0, 0.05) is 31.6 Å². The maximum absolute atomic E-state index is 14.3. The number of anilines is 1. The van der Waals surface area contributed by atoms with E-state index in [0.717, 1.165) is 54.5 Å². The number of benzene rings is 3. The molecule has 0 radical (unpaired) electrons. The molecule has 2 amide bonds. The number of rotatable bonds is 10. The van der Waals surface area contributed by atoms with Crippen LogP contribution in [0.25, 0.3) is 0 Å². The maximum atomic E-state index is 14.3. The molecule has 1 atom stereocenters. The third-order valence-corrected chi connectivity index (χ3v) is 9.29. The van der Waals surface area contributed by atoms with Crippen molar-refractivity contribution in [2.24, 2.45) is 11.3 Å². The van der Waals surface area contributed by atoms with Crippen LogP contribution < -0.4 is 5.32 Å². The molecule has 3 aliphatic rings. The van der Waals surface area contributed by atoms with Gasteiger partial charge in [-0.05, 0) is 79.0 Å². The Morgan fingerprint density at radius 2 is 1.71 bits per heavy atom. The predicted octanol–water partition coefficient (Wildman–Crippen LogP) is 6.63. The fourth-order valence-electron chi connectivity index (χ4n) is 6.82. The van der Waals surface area contributed by atoms with Gasteiger partial charge in [0.25, 0.3) is 5.91 Å². The van der Waals surface area contributed by atoms with E-state index in [1.807, 2.05) is 48.5 Å². The second-order valence-corrected chi connectivity index (χ2v) is 13.3. The normalized spacial score (nSPS) is 18.1. The topological polar surface area (TPSA) is 95.9 Å². The van der Waals surface area contributed by atoms with Gasteiger partial charge in [0.1, 0.15) is 11.6 Å². The molecule has 0 saturated heterocycles. The summed E-state index contributed by atoms with van der Waals surface area (Å²) >= 11 is 0. The van der Waals surface area contributed by atoms with Gasteiger partial charge in [-0.25, -0.2) is 8.78 Å². The highest BCUT2D eigenvalue weighted by Gasteiger charge is 2.52. The first-order chi connectivity index (χ1) is 21.4. The standard InChI is InChI=1S/C36H38F2N2O5/c1-35(2,44)45-34(43)36(16-17-36)19-23-6-5-9-26(18-23)39-32(41)30(24-7-3-4-8-24)25-12-10-22(11-13-25)20-40-21-27-28(37)14-15-29(38)31(27)33(40)42/h5-6,9-15,18,24,30,44H,3-4,7-8,16-17,19-21H2,1-2H3,(H,39,41). The molecule has 236 valence electrons. The van der Waals surface area contributed by atoms with Crippen molar-refractivity contribution < 1.29 is 33.0 Å². The molecule has 2 N–H and O–H groups in total. The molecule has 2 saturated carbocycles. The number of aliphatic hydroxyl groups is 1. The van der Waals surface area contributed by atoms with Gasteiger partial charge in [-0.1, -0.05) is 49.2 Å². The number of halogens is 2. The fourth-order valence-corrected chi connectivity index (χ4v) is 6.82. The van der Waals surface area contributed by atoms with E-state index in [9.17, 15) is 28.3 Å².